The molecule has 1 aromatic carbocycles. The van der Waals surface area contributed by atoms with Crippen LogP contribution in [0.15, 0.2) is 23.1 Å². The first-order chi connectivity index (χ1) is 9.34. The number of sulfonamides is 1. The fraction of sp³-hybridized carbons (Fsp3) is 0.500. The summed E-state index contributed by atoms with van der Waals surface area (Å²) in [6.45, 7) is 0.448. The molecule has 7 nitrogen and oxygen atoms in total. The third kappa shape index (κ3) is 3.60. The van der Waals surface area contributed by atoms with E-state index in [9.17, 15) is 8.42 Å². The summed E-state index contributed by atoms with van der Waals surface area (Å²) in [6, 6.07) is 4.42. The zero-order valence-corrected chi connectivity index (χ0v) is 12.5. The molecule has 0 aromatic heterocycles. The zero-order valence-electron chi connectivity index (χ0n) is 11.7. The summed E-state index contributed by atoms with van der Waals surface area (Å²) in [6.07, 6.45) is 0. The maximum Gasteiger partial charge on any atom is 0.242 e. The van der Waals surface area contributed by atoms with Crippen molar-refractivity contribution >= 4 is 21.4 Å². The lowest BCUT2D eigenvalue weighted by molar-refractivity contribution is 0.281. The van der Waals surface area contributed by atoms with E-state index in [0.717, 1.165) is 4.31 Å². The van der Waals surface area contributed by atoms with Gasteiger partial charge in [-0.1, -0.05) is 0 Å². The second-order valence-electron chi connectivity index (χ2n) is 4.44. The number of hydrogen-bond donors (Lipinski definition) is 3. The molecule has 0 bridgehead atoms. The van der Waals surface area contributed by atoms with Gasteiger partial charge in [0, 0.05) is 27.2 Å². The van der Waals surface area contributed by atoms with Crippen LogP contribution in [0.2, 0.25) is 0 Å². The molecule has 0 radical (unpaired) electrons. The molecule has 1 rings (SSSR count). The predicted octanol–water partition coefficient (Wildman–Crippen LogP) is -0.690. The average molecular weight is 303 g/mol. The van der Waals surface area contributed by atoms with Crippen LogP contribution in [-0.2, 0) is 10.0 Å². The van der Waals surface area contributed by atoms with Crippen LogP contribution in [0, 0.1) is 0 Å². The molecule has 1 aromatic rings. The third-order valence-corrected chi connectivity index (χ3v) is 4.67. The maximum absolute atomic E-state index is 12.0. The Morgan fingerprint density at radius 3 is 2.10 bits per heavy atom. The van der Waals surface area contributed by atoms with Crippen molar-refractivity contribution in [3.05, 3.63) is 18.2 Å². The Kier molecular flexibility index (Phi) is 5.75. The first-order valence-corrected chi connectivity index (χ1v) is 7.57. The predicted molar refractivity (Wildman–Crippen MR) is 78.1 cm³/mol. The highest BCUT2D eigenvalue weighted by molar-refractivity contribution is 7.89. The van der Waals surface area contributed by atoms with Crippen molar-refractivity contribution in [1.82, 2.24) is 4.31 Å². The van der Waals surface area contributed by atoms with Crippen LogP contribution < -0.4 is 10.6 Å². The fourth-order valence-corrected chi connectivity index (χ4v) is 2.72. The summed E-state index contributed by atoms with van der Waals surface area (Å²) in [7, 11) is -0.635. The molecule has 0 saturated carbocycles. The molecule has 0 unspecified atom stereocenters. The highest BCUT2D eigenvalue weighted by atomic mass is 32.2. The molecule has 8 heteroatoms. The van der Waals surface area contributed by atoms with Gasteiger partial charge in [0.1, 0.15) is 0 Å². The molecular formula is C12H21N3O4S. The molecular weight excluding hydrogens is 282 g/mol. The van der Waals surface area contributed by atoms with Gasteiger partial charge in [-0.2, -0.15) is 0 Å². The molecule has 0 atom stereocenters. The van der Waals surface area contributed by atoms with Gasteiger partial charge in [-0.05, 0) is 18.2 Å². The number of hydrogen-bond acceptors (Lipinski definition) is 6. The van der Waals surface area contributed by atoms with E-state index in [4.69, 9.17) is 15.9 Å². The van der Waals surface area contributed by atoms with E-state index in [1.165, 1.54) is 26.2 Å². The van der Waals surface area contributed by atoms with Crippen LogP contribution in [0.3, 0.4) is 0 Å². The van der Waals surface area contributed by atoms with E-state index < -0.39 is 10.0 Å². The lowest BCUT2D eigenvalue weighted by atomic mass is 10.2. The summed E-state index contributed by atoms with van der Waals surface area (Å²) < 4.78 is 25.1. The van der Waals surface area contributed by atoms with E-state index in [-0.39, 0.29) is 23.8 Å². The smallest absolute Gasteiger partial charge is 0.242 e. The molecule has 0 aliphatic rings. The van der Waals surface area contributed by atoms with E-state index in [1.807, 2.05) is 0 Å². The van der Waals surface area contributed by atoms with Gasteiger partial charge in [-0.25, -0.2) is 12.7 Å². The maximum atomic E-state index is 12.0. The number of aliphatic hydroxyl groups is 2. The van der Waals surface area contributed by atoms with E-state index >= 15 is 0 Å². The molecule has 0 amide bonds. The molecule has 0 aliphatic heterocycles. The van der Waals surface area contributed by atoms with Crippen molar-refractivity contribution in [3.8, 4) is 0 Å². The Labute approximate surface area is 119 Å². The number of nitrogen functional groups attached to an aromatic ring is 1. The first kappa shape index (κ1) is 16.7. The number of aliphatic hydroxyl groups excluding tert-OH is 2. The Morgan fingerprint density at radius 2 is 1.70 bits per heavy atom. The van der Waals surface area contributed by atoms with Gasteiger partial charge < -0.3 is 20.8 Å². The summed E-state index contributed by atoms with van der Waals surface area (Å²) >= 11 is 0. The van der Waals surface area contributed by atoms with Crippen molar-refractivity contribution in [2.75, 3.05) is 51.0 Å². The van der Waals surface area contributed by atoms with Gasteiger partial charge in [0.25, 0.3) is 0 Å². The number of nitrogens with two attached hydrogens (primary N) is 1. The standard InChI is InChI=1S/C12H21N3O4S/c1-14(2)20(18,19)10-3-4-12(11(13)9-10)15(5-7-16)6-8-17/h3-4,9,16-17H,5-8,13H2,1-2H3. The van der Waals surface area contributed by atoms with Crippen molar-refractivity contribution < 1.29 is 18.6 Å². The van der Waals surface area contributed by atoms with Crippen LogP contribution in [0.1, 0.15) is 0 Å². The van der Waals surface area contributed by atoms with Crippen molar-refractivity contribution in [2.24, 2.45) is 0 Å². The lowest BCUT2D eigenvalue weighted by Gasteiger charge is -2.25. The van der Waals surface area contributed by atoms with Gasteiger partial charge in [0.05, 0.1) is 29.5 Å². The quantitative estimate of drug-likeness (QED) is 0.576. The van der Waals surface area contributed by atoms with Gasteiger partial charge >= 0.3 is 0 Å². The first-order valence-electron chi connectivity index (χ1n) is 6.13. The Morgan fingerprint density at radius 1 is 1.15 bits per heavy atom. The summed E-state index contributed by atoms with van der Waals surface area (Å²) in [5.74, 6) is 0. The highest BCUT2D eigenvalue weighted by Gasteiger charge is 2.19. The molecule has 0 saturated heterocycles. The molecule has 0 spiro atoms. The largest absolute Gasteiger partial charge is 0.397 e. The van der Waals surface area contributed by atoms with E-state index in [1.54, 1.807) is 11.0 Å². The monoisotopic (exact) mass is 303 g/mol. The number of nitrogens with zero attached hydrogens (tertiary/aromatic N) is 2. The number of benzene rings is 1. The van der Waals surface area contributed by atoms with Crippen LogP contribution in [0.4, 0.5) is 11.4 Å². The minimum atomic E-state index is -3.53. The van der Waals surface area contributed by atoms with Crippen LogP contribution in [-0.4, -0.2) is 63.3 Å². The summed E-state index contributed by atoms with van der Waals surface area (Å²) in [5, 5.41) is 18.0. The van der Waals surface area contributed by atoms with E-state index in [0.29, 0.717) is 18.8 Å². The lowest BCUT2D eigenvalue weighted by Crippen LogP contribution is -2.30. The second-order valence-corrected chi connectivity index (χ2v) is 6.59. The number of anilines is 2. The molecule has 0 fully saturated rings. The van der Waals surface area contributed by atoms with Crippen molar-refractivity contribution in [1.29, 1.82) is 0 Å². The van der Waals surface area contributed by atoms with Crippen molar-refractivity contribution in [3.63, 3.8) is 0 Å². The second kappa shape index (κ2) is 6.89. The minimum Gasteiger partial charge on any atom is -0.397 e. The fourth-order valence-electron chi connectivity index (χ4n) is 1.79. The highest BCUT2D eigenvalue weighted by Crippen LogP contribution is 2.27. The molecule has 20 heavy (non-hydrogen) atoms. The number of rotatable bonds is 7. The molecule has 114 valence electrons. The SMILES string of the molecule is CN(C)S(=O)(=O)c1ccc(N(CCO)CCO)c(N)c1. The van der Waals surface area contributed by atoms with Gasteiger partial charge in [0.2, 0.25) is 10.0 Å². The Bertz CT molecular complexity index is 540. The summed E-state index contributed by atoms with van der Waals surface area (Å²) in [5.41, 5.74) is 6.77. The Hall–Kier alpha value is -1.35. The van der Waals surface area contributed by atoms with Crippen molar-refractivity contribution in [2.45, 2.75) is 4.90 Å². The molecule has 0 aliphatic carbocycles. The normalized spacial score (nSPS) is 11.8. The summed E-state index contributed by atoms with van der Waals surface area (Å²) in [4.78, 5) is 1.80. The van der Waals surface area contributed by atoms with Gasteiger partial charge in [-0.3, -0.25) is 0 Å². The van der Waals surface area contributed by atoms with Crippen LogP contribution in [0.5, 0.6) is 0 Å². The molecule has 0 heterocycles. The third-order valence-electron chi connectivity index (χ3n) is 2.86. The Balaban J connectivity index is 3.16. The zero-order chi connectivity index (χ0) is 15.3. The topological polar surface area (TPSA) is 107 Å². The van der Waals surface area contributed by atoms with E-state index in [2.05, 4.69) is 0 Å². The molecule has 4 N–H and O–H groups in total. The van der Waals surface area contributed by atoms with Gasteiger partial charge in [-0.15, -0.1) is 0 Å². The minimum absolute atomic E-state index is 0.0861. The van der Waals surface area contributed by atoms with Crippen LogP contribution in [0.25, 0.3) is 0 Å². The van der Waals surface area contributed by atoms with Gasteiger partial charge in [0.15, 0.2) is 0 Å². The van der Waals surface area contributed by atoms with Crippen LogP contribution >= 0.6 is 0 Å². The average Bonchev–Trinajstić information content (AvgIpc) is 2.38.